The van der Waals surface area contributed by atoms with Crippen LogP contribution in [0.25, 0.3) is 0 Å². The second-order valence-electron chi connectivity index (χ2n) is 5.30. The second kappa shape index (κ2) is 6.13. The lowest BCUT2D eigenvalue weighted by Gasteiger charge is -2.33. The molecule has 1 aliphatic heterocycles. The standard InChI is InChI=1S/C15H20N4O2/c1-12-16-17-15(21-12)11-18-7-9-19(10-8-18)13-5-3-4-6-14(13)20-2/h3-6H,7-11H2,1-2H3/p+1. The Morgan fingerprint density at radius 1 is 1.24 bits per heavy atom. The van der Waals surface area contributed by atoms with Crippen LogP contribution in [-0.4, -0.2) is 43.5 Å². The minimum atomic E-state index is 0.636. The molecular weight excluding hydrogens is 268 g/mol. The van der Waals surface area contributed by atoms with Gasteiger partial charge in [-0.05, 0) is 12.1 Å². The van der Waals surface area contributed by atoms with Gasteiger partial charge in [0, 0.05) is 6.92 Å². The van der Waals surface area contributed by atoms with E-state index in [1.807, 2.05) is 19.1 Å². The average Bonchev–Trinajstić information content (AvgIpc) is 2.93. The van der Waals surface area contributed by atoms with E-state index in [9.17, 15) is 0 Å². The van der Waals surface area contributed by atoms with E-state index in [-0.39, 0.29) is 0 Å². The van der Waals surface area contributed by atoms with E-state index in [0.29, 0.717) is 5.89 Å². The Morgan fingerprint density at radius 2 is 2.00 bits per heavy atom. The molecule has 21 heavy (non-hydrogen) atoms. The van der Waals surface area contributed by atoms with Gasteiger partial charge in [0.15, 0.2) is 6.54 Å². The number of hydrogen-bond acceptors (Lipinski definition) is 5. The zero-order valence-corrected chi connectivity index (χ0v) is 12.5. The van der Waals surface area contributed by atoms with Crippen LogP contribution in [0.2, 0.25) is 0 Å². The number of quaternary nitrogens is 1. The average molecular weight is 289 g/mol. The highest BCUT2D eigenvalue weighted by molar-refractivity contribution is 5.58. The van der Waals surface area contributed by atoms with E-state index in [1.54, 1.807) is 7.11 Å². The molecule has 1 aliphatic rings. The van der Waals surface area contributed by atoms with Crippen molar-refractivity contribution >= 4 is 5.69 Å². The van der Waals surface area contributed by atoms with Crippen molar-refractivity contribution in [1.29, 1.82) is 0 Å². The molecule has 1 saturated heterocycles. The number of nitrogens with zero attached hydrogens (tertiary/aromatic N) is 3. The molecule has 1 fully saturated rings. The topological polar surface area (TPSA) is 55.8 Å². The Bertz CT molecular complexity index is 591. The van der Waals surface area contributed by atoms with Crippen LogP contribution in [0.3, 0.4) is 0 Å². The summed E-state index contributed by atoms with van der Waals surface area (Å²) in [5.41, 5.74) is 1.17. The number of hydrogen-bond donors (Lipinski definition) is 1. The highest BCUT2D eigenvalue weighted by atomic mass is 16.5. The molecule has 1 N–H and O–H groups in total. The molecule has 0 saturated carbocycles. The minimum absolute atomic E-state index is 0.636. The summed E-state index contributed by atoms with van der Waals surface area (Å²) in [6, 6.07) is 8.18. The largest absolute Gasteiger partial charge is 0.495 e. The maximum Gasteiger partial charge on any atom is 0.271 e. The number of aryl methyl sites for hydroxylation is 1. The van der Waals surface area contributed by atoms with Crippen LogP contribution < -0.4 is 14.5 Å². The van der Waals surface area contributed by atoms with Gasteiger partial charge in [-0.2, -0.15) is 0 Å². The van der Waals surface area contributed by atoms with Crippen LogP contribution in [-0.2, 0) is 6.54 Å². The van der Waals surface area contributed by atoms with Crippen molar-refractivity contribution in [2.24, 2.45) is 0 Å². The zero-order chi connectivity index (χ0) is 14.7. The summed E-state index contributed by atoms with van der Waals surface area (Å²) in [5, 5.41) is 7.95. The van der Waals surface area contributed by atoms with Crippen molar-refractivity contribution in [3.05, 3.63) is 36.0 Å². The van der Waals surface area contributed by atoms with Gasteiger partial charge in [0.05, 0.1) is 39.0 Å². The van der Waals surface area contributed by atoms with Gasteiger partial charge in [-0.3, -0.25) is 0 Å². The SMILES string of the molecule is COc1ccccc1N1CC[NH+](Cc2nnc(C)o2)CC1. The monoisotopic (exact) mass is 289 g/mol. The first-order valence-electron chi connectivity index (χ1n) is 7.27. The molecule has 3 rings (SSSR count). The molecule has 6 heteroatoms. The maximum atomic E-state index is 5.46. The van der Waals surface area contributed by atoms with Gasteiger partial charge in [-0.25, -0.2) is 0 Å². The second-order valence-corrected chi connectivity index (χ2v) is 5.30. The van der Waals surface area contributed by atoms with Gasteiger partial charge in [-0.1, -0.05) is 12.1 Å². The predicted molar refractivity (Wildman–Crippen MR) is 78.6 cm³/mol. The third-order valence-corrected chi connectivity index (χ3v) is 3.87. The highest BCUT2D eigenvalue weighted by Crippen LogP contribution is 2.27. The smallest absolute Gasteiger partial charge is 0.271 e. The number of benzene rings is 1. The molecule has 2 aromatic rings. The Labute approximate surface area is 124 Å². The molecule has 112 valence electrons. The van der Waals surface area contributed by atoms with Crippen molar-refractivity contribution in [1.82, 2.24) is 10.2 Å². The van der Waals surface area contributed by atoms with Crippen LogP contribution in [0.5, 0.6) is 5.75 Å². The Balaban J connectivity index is 1.60. The molecular formula is C15H21N4O2+. The van der Waals surface area contributed by atoms with Crippen molar-refractivity contribution < 1.29 is 14.1 Å². The minimum Gasteiger partial charge on any atom is -0.495 e. The summed E-state index contributed by atoms with van der Waals surface area (Å²) in [4.78, 5) is 3.85. The Morgan fingerprint density at radius 3 is 2.67 bits per heavy atom. The molecule has 0 spiro atoms. The quantitative estimate of drug-likeness (QED) is 0.877. The Hall–Kier alpha value is -2.08. The molecule has 6 nitrogen and oxygen atoms in total. The zero-order valence-electron chi connectivity index (χ0n) is 12.5. The summed E-state index contributed by atoms with van der Waals surface area (Å²) in [6.45, 7) is 6.75. The number of rotatable bonds is 4. The van der Waals surface area contributed by atoms with Gasteiger partial charge in [0.1, 0.15) is 5.75 Å². The predicted octanol–water partition coefficient (Wildman–Crippen LogP) is 0.292. The summed E-state index contributed by atoms with van der Waals surface area (Å²) < 4.78 is 10.9. The van der Waals surface area contributed by atoms with E-state index >= 15 is 0 Å². The van der Waals surface area contributed by atoms with Crippen LogP contribution >= 0.6 is 0 Å². The summed E-state index contributed by atoms with van der Waals surface area (Å²) in [6.07, 6.45) is 0. The molecule has 0 atom stereocenters. The fraction of sp³-hybridized carbons (Fsp3) is 0.467. The van der Waals surface area contributed by atoms with Crippen LogP contribution in [0, 0.1) is 6.92 Å². The molecule has 0 aliphatic carbocycles. The van der Waals surface area contributed by atoms with Gasteiger partial charge in [0.2, 0.25) is 5.89 Å². The van der Waals surface area contributed by atoms with Crippen molar-refractivity contribution in [2.45, 2.75) is 13.5 Å². The number of para-hydroxylation sites is 2. The molecule has 0 amide bonds. The summed E-state index contributed by atoms with van der Waals surface area (Å²) in [5.74, 6) is 2.30. The lowest BCUT2D eigenvalue weighted by Crippen LogP contribution is -3.13. The lowest BCUT2D eigenvalue weighted by molar-refractivity contribution is -0.915. The van der Waals surface area contributed by atoms with Crippen LogP contribution in [0.15, 0.2) is 28.7 Å². The first-order chi connectivity index (χ1) is 10.3. The molecule has 1 aromatic heterocycles. The summed E-state index contributed by atoms with van der Waals surface area (Å²) >= 11 is 0. The summed E-state index contributed by atoms with van der Waals surface area (Å²) in [7, 11) is 1.72. The van der Waals surface area contributed by atoms with Gasteiger partial charge in [0.25, 0.3) is 5.89 Å². The maximum absolute atomic E-state index is 5.46. The first kappa shape index (κ1) is 13.9. The molecule has 0 radical (unpaired) electrons. The van der Waals surface area contributed by atoms with Gasteiger partial charge >= 0.3 is 0 Å². The molecule has 0 unspecified atom stereocenters. The Kier molecular flexibility index (Phi) is 4.06. The number of piperazine rings is 1. The van der Waals surface area contributed by atoms with E-state index in [1.165, 1.54) is 10.6 Å². The first-order valence-corrected chi connectivity index (χ1v) is 7.27. The number of aromatic nitrogens is 2. The van der Waals surface area contributed by atoms with Crippen molar-refractivity contribution in [3.63, 3.8) is 0 Å². The third kappa shape index (κ3) is 3.16. The normalized spacial score (nSPS) is 16.2. The van der Waals surface area contributed by atoms with E-state index < -0.39 is 0 Å². The van der Waals surface area contributed by atoms with E-state index in [2.05, 4.69) is 27.2 Å². The number of methoxy groups -OCH3 is 1. The molecule has 1 aromatic carbocycles. The molecule has 0 bridgehead atoms. The van der Waals surface area contributed by atoms with E-state index in [0.717, 1.165) is 44.4 Å². The number of nitrogens with one attached hydrogen (secondary N) is 1. The lowest BCUT2D eigenvalue weighted by atomic mass is 10.2. The highest BCUT2D eigenvalue weighted by Gasteiger charge is 2.23. The van der Waals surface area contributed by atoms with Crippen LogP contribution in [0.1, 0.15) is 11.8 Å². The number of ether oxygens (including phenoxy) is 1. The van der Waals surface area contributed by atoms with Crippen molar-refractivity contribution in [2.75, 3.05) is 38.2 Å². The van der Waals surface area contributed by atoms with Crippen molar-refractivity contribution in [3.8, 4) is 5.75 Å². The fourth-order valence-corrected chi connectivity index (χ4v) is 2.75. The number of anilines is 1. The van der Waals surface area contributed by atoms with Crippen LogP contribution in [0.4, 0.5) is 5.69 Å². The molecule has 2 heterocycles. The van der Waals surface area contributed by atoms with E-state index in [4.69, 9.17) is 9.15 Å². The van der Waals surface area contributed by atoms with Gasteiger partial charge < -0.3 is 19.0 Å². The fourth-order valence-electron chi connectivity index (χ4n) is 2.75. The third-order valence-electron chi connectivity index (χ3n) is 3.87. The van der Waals surface area contributed by atoms with Gasteiger partial charge in [-0.15, -0.1) is 10.2 Å².